The van der Waals surface area contributed by atoms with Crippen molar-refractivity contribution in [3.8, 4) is 5.88 Å². The van der Waals surface area contributed by atoms with Crippen LogP contribution in [0.4, 0.5) is 11.6 Å². The van der Waals surface area contributed by atoms with Crippen LogP contribution in [0, 0.1) is 0 Å². The number of anilines is 2. The van der Waals surface area contributed by atoms with E-state index in [1.165, 1.54) is 5.56 Å². The van der Waals surface area contributed by atoms with Crippen LogP contribution < -0.4 is 10.1 Å². The average Bonchev–Trinajstić information content (AvgIpc) is 2.52. The second kappa shape index (κ2) is 8.47. The first-order valence-electron chi connectivity index (χ1n) is 7.19. The first-order valence-corrected chi connectivity index (χ1v) is 7.73. The summed E-state index contributed by atoms with van der Waals surface area (Å²) in [5, 5.41) is 3.20. The van der Waals surface area contributed by atoms with Crippen LogP contribution >= 0.6 is 11.6 Å². The van der Waals surface area contributed by atoms with Gasteiger partial charge < -0.3 is 10.1 Å². The molecule has 0 spiro atoms. The Morgan fingerprint density at radius 1 is 1.29 bits per heavy atom. The molecule has 2 aromatic rings. The summed E-state index contributed by atoms with van der Waals surface area (Å²) in [4.78, 5) is 8.54. The molecule has 2 rings (SSSR count). The number of aromatic nitrogens is 2. The molecule has 0 atom stereocenters. The van der Waals surface area contributed by atoms with Crippen LogP contribution in [0.15, 0.2) is 36.5 Å². The summed E-state index contributed by atoms with van der Waals surface area (Å²) < 4.78 is 5.50. The molecule has 0 aliphatic rings. The zero-order chi connectivity index (χ0) is 14.9. The zero-order valence-corrected chi connectivity index (χ0v) is 12.9. The predicted molar refractivity (Wildman–Crippen MR) is 86.6 cm³/mol. The summed E-state index contributed by atoms with van der Waals surface area (Å²) in [6.07, 6.45) is 4.59. The lowest BCUT2D eigenvalue weighted by Crippen LogP contribution is -2.01. The Balaban J connectivity index is 2.03. The molecule has 0 unspecified atom stereocenters. The maximum atomic E-state index is 5.73. The van der Waals surface area contributed by atoms with Gasteiger partial charge in [0.2, 0.25) is 11.8 Å². The number of ether oxygens (including phenoxy) is 1. The van der Waals surface area contributed by atoms with Crippen molar-refractivity contribution >= 4 is 23.2 Å². The molecular weight excluding hydrogens is 286 g/mol. The molecule has 1 N–H and O–H groups in total. The number of alkyl halides is 1. The van der Waals surface area contributed by atoms with Crippen LogP contribution in [-0.2, 0) is 6.42 Å². The standard InChI is InChI=1S/C16H20ClN3O/c1-2-11-21-15-8-10-18-16(20-15)19-14-7-3-5-13(12-14)6-4-9-17/h3,5,7-8,10,12H,2,4,6,9,11H2,1H3,(H,18,19,20). The third-order valence-electron chi connectivity index (χ3n) is 2.87. The Kier molecular flexibility index (Phi) is 6.28. The van der Waals surface area contributed by atoms with E-state index in [0.717, 1.165) is 24.9 Å². The van der Waals surface area contributed by atoms with Crippen LogP contribution in [0.2, 0.25) is 0 Å². The number of nitrogens with one attached hydrogen (secondary N) is 1. The van der Waals surface area contributed by atoms with Crippen LogP contribution in [0.25, 0.3) is 0 Å². The van der Waals surface area contributed by atoms with E-state index in [2.05, 4.69) is 34.3 Å². The second-order valence-electron chi connectivity index (χ2n) is 4.68. The first kappa shape index (κ1) is 15.6. The number of nitrogens with zero attached hydrogens (tertiary/aromatic N) is 2. The fraction of sp³-hybridized carbons (Fsp3) is 0.375. The minimum Gasteiger partial charge on any atom is -0.478 e. The molecule has 0 bridgehead atoms. The van der Waals surface area contributed by atoms with Gasteiger partial charge in [0.15, 0.2) is 0 Å². The molecule has 1 heterocycles. The number of halogens is 1. The summed E-state index contributed by atoms with van der Waals surface area (Å²) in [5.74, 6) is 1.81. The molecule has 0 fully saturated rings. The van der Waals surface area contributed by atoms with E-state index in [4.69, 9.17) is 16.3 Å². The van der Waals surface area contributed by atoms with Crippen molar-refractivity contribution in [3.63, 3.8) is 0 Å². The molecule has 0 saturated heterocycles. The van der Waals surface area contributed by atoms with E-state index >= 15 is 0 Å². The number of hydrogen-bond donors (Lipinski definition) is 1. The molecular formula is C16H20ClN3O. The summed E-state index contributed by atoms with van der Waals surface area (Å²) in [6.45, 7) is 2.72. The SMILES string of the molecule is CCCOc1ccnc(Nc2cccc(CCCCl)c2)n1. The third kappa shape index (κ3) is 5.23. The summed E-state index contributed by atoms with van der Waals surface area (Å²) >= 11 is 5.73. The van der Waals surface area contributed by atoms with Crippen LogP contribution in [0.3, 0.4) is 0 Å². The van der Waals surface area contributed by atoms with Crippen LogP contribution in [-0.4, -0.2) is 22.5 Å². The number of aryl methyl sites for hydroxylation is 1. The topological polar surface area (TPSA) is 47.0 Å². The molecule has 21 heavy (non-hydrogen) atoms. The number of hydrogen-bond acceptors (Lipinski definition) is 4. The average molecular weight is 306 g/mol. The zero-order valence-electron chi connectivity index (χ0n) is 12.2. The Labute approximate surface area is 130 Å². The minimum atomic E-state index is 0.540. The molecule has 1 aromatic carbocycles. The smallest absolute Gasteiger partial charge is 0.230 e. The molecule has 5 heteroatoms. The van der Waals surface area contributed by atoms with Crippen molar-refractivity contribution in [2.24, 2.45) is 0 Å². The van der Waals surface area contributed by atoms with E-state index in [-0.39, 0.29) is 0 Å². The second-order valence-corrected chi connectivity index (χ2v) is 5.06. The minimum absolute atomic E-state index is 0.540. The normalized spacial score (nSPS) is 10.4. The molecule has 0 saturated carbocycles. The van der Waals surface area contributed by atoms with Crippen molar-refractivity contribution in [2.75, 3.05) is 17.8 Å². The van der Waals surface area contributed by atoms with Crippen molar-refractivity contribution in [2.45, 2.75) is 26.2 Å². The highest BCUT2D eigenvalue weighted by molar-refractivity contribution is 6.17. The molecule has 1 aromatic heterocycles. The van der Waals surface area contributed by atoms with Crippen molar-refractivity contribution in [1.29, 1.82) is 0 Å². The van der Waals surface area contributed by atoms with Gasteiger partial charge in [-0.1, -0.05) is 19.1 Å². The van der Waals surface area contributed by atoms with Crippen LogP contribution in [0.5, 0.6) is 5.88 Å². The Bertz CT molecular complexity index is 513. The van der Waals surface area contributed by atoms with Crippen LogP contribution in [0.1, 0.15) is 25.3 Å². The van der Waals surface area contributed by atoms with Gasteiger partial charge >= 0.3 is 0 Å². The van der Waals surface area contributed by atoms with E-state index in [0.29, 0.717) is 24.3 Å². The summed E-state index contributed by atoms with van der Waals surface area (Å²) in [6, 6.07) is 9.96. The maximum Gasteiger partial charge on any atom is 0.230 e. The number of benzene rings is 1. The van der Waals surface area contributed by atoms with Gasteiger partial charge in [0, 0.05) is 23.8 Å². The molecule has 4 nitrogen and oxygen atoms in total. The Morgan fingerprint density at radius 3 is 3.00 bits per heavy atom. The van der Waals surface area contributed by atoms with Gasteiger partial charge in [-0.25, -0.2) is 4.98 Å². The lowest BCUT2D eigenvalue weighted by atomic mass is 10.1. The van der Waals surface area contributed by atoms with E-state index in [9.17, 15) is 0 Å². The van der Waals surface area contributed by atoms with E-state index in [1.807, 2.05) is 12.1 Å². The molecule has 112 valence electrons. The fourth-order valence-corrected chi connectivity index (χ4v) is 2.03. The third-order valence-corrected chi connectivity index (χ3v) is 3.13. The van der Waals surface area contributed by atoms with Crippen molar-refractivity contribution < 1.29 is 4.74 Å². The van der Waals surface area contributed by atoms with Gasteiger partial charge in [-0.2, -0.15) is 4.98 Å². The van der Waals surface area contributed by atoms with Gasteiger partial charge in [-0.05, 0) is 37.0 Å². The molecule has 0 aliphatic carbocycles. The van der Waals surface area contributed by atoms with Gasteiger partial charge in [-0.15, -0.1) is 11.6 Å². The Hall–Kier alpha value is -1.81. The maximum absolute atomic E-state index is 5.73. The fourth-order valence-electron chi connectivity index (χ4n) is 1.89. The van der Waals surface area contributed by atoms with E-state index in [1.54, 1.807) is 12.3 Å². The van der Waals surface area contributed by atoms with E-state index < -0.39 is 0 Å². The van der Waals surface area contributed by atoms with Crippen molar-refractivity contribution in [1.82, 2.24) is 9.97 Å². The summed E-state index contributed by atoms with van der Waals surface area (Å²) in [7, 11) is 0. The molecule has 0 aliphatic heterocycles. The lowest BCUT2D eigenvalue weighted by Gasteiger charge is -2.08. The van der Waals surface area contributed by atoms with Crippen molar-refractivity contribution in [3.05, 3.63) is 42.1 Å². The molecule has 0 radical (unpaired) electrons. The quantitative estimate of drug-likeness (QED) is 0.743. The lowest BCUT2D eigenvalue weighted by molar-refractivity contribution is 0.305. The highest BCUT2D eigenvalue weighted by Gasteiger charge is 2.02. The highest BCUT2D eigenvalue weighted by Crippen LogP contribution is 2.17. The van der Waals surface area contributed by atoms with Gasteiger partial charge in [-0.3, -0.25) is 0 Å². The van der Waals surface area contributed by atoms with Gasteiger partial charge in [0.25, 0.3) is 0 Å². The number of rotatable bonds is 8. The monoisotopic (exact) mass is 305 g/mol. The predicted octanol–water partition coefficient (Wildman–Crippen LogP) is 4.18. The Morgan fingerprint density at radius 2 is 2.19 bits per heavy atom. The molecule has 0 amide bonds. The summed E-state index contributed by atoms with van der Waals surface area (Å²) in [5.41, 5.74) is 2.22. The van der Waals surface area contributed by atoms with Gasteiger partial charge in [0.1, 0.15) is 0 Å². The highest BCUT2D eigenvalue weighted by atomic mass is 35.5. The largest absolute Gasteiger partial charge is 0.478 e. The first-order chi connectivity index (χ1) is 10.3. The van der Waals surface area contributed by atoms with Gasteiger partial charge in [0.05, 0.1) is 6.61 Å².